The van der Waals surface area contributed by atoms with Crippen LogP contribution in [0, 0.1) is 0 Å². The maximum atomic E-state index is 11.7. The zero-order valence-electron chi connectivity index (χ0n) is 10.5. The van der Waals surface area contributed by atoms with Crippen LogP contribution in [0.25, 0.3) is 0 Å². The number of rotatable bonds is 6. The molecule has 7 heteroatoms. The van der Waals surface area contributed by atoms with Crippen LogP contribution in [0.2, 0.25) is 0 Å². The molecule has 1 atom stereocenters. The highest BCUT2D eigenvalue weighted by molar-refractivity contribution is 5.77. The van der Waals surface area contributed by atoms with Crippen molar-refractivity contribution in [3.8, 4) is 0 Å². The topological polar surface area (TPSA) is 80.5 Å². The van der Waals surface area contributed by atoms with Crippen molar-refractivity contribution >= 4 is 5.91 Å². The standard InChI is InChI=1S/C11H18N4O3/c1-15(6-10-13-8-18-14-10)7-11(16)12-5-9-3-2-4-17-9/h8-9H,2-7H2,1H3,(H,12,16)/t9-/m0/s1. The fraction of sp³-hybridized carbons (Fsp3) is 0.727. The van der Waals surface area contributed by atoms with E-state index in [2.05, 4.69) is 20.0 Å². The minimum Gasteiger partial charge on any atom is -0.376 e. The van der Waals surface area contributed by atoms with Crippen molar-refractivity contribution in [1.29, 1.82) is 0 Å². The molecule has 0 radical (unpaired) electrons. The molecule has 0 saturated carbocycles. The molecule has 1 aliphatic heterocycles. The van der Waals surface area contributed by atoms with Crippen molar-refractivity contribution in [3.05, 3.63) is 12.2 Å². The van der Waals surface area contributed by atoms with Gasteiger partial charge in [-0.05, 0) is 19.9 Å². The normalized spacial score (nSPS) is 19.3. The first-order valence-electron chi connectivity index (χ1n) is 6.06. The summed E-state index contributed by atoms with van der Waals surface area (Å²) in [6.45, 7) is 2.19. The van der Waals surface area contributed by atoms with Gasteiger partial charge in [-0.3, -0.25) is 9.69 Å². The van der Waals surface area contributed by atoms with Crippen LogP contribution in [-0.4, -0.2) is 53.8 Å². The highest BCUT2D eigenvalue weighted by atomic mass is 16.5. The molecule has 18 heavy (non-hydrogen) atoms. The van der Waals surface area contributed by atoms with E-state index in [1.807, 2.05) is 11.9 Å². The number of carbonyl (C=O) groups excluding carboxylic acids is 1. The van der Waals surface area contributed by atoms with Gasteiger partial charge in [-0.2, -0.15) is 4.98 Å². The molecular weight excluding hydrogens is 236 g/mol. The highest BCUT2D eigenvalue weighted by Gasteiger charge is 2.16. The van der Waals surface area contributed by atoms with Crippen molar-refractivity contribution in [2.45, 2.75) is 25.5 Å². The molecule has 1 aromatic rings. The number of likely N-dealkylation sites (N-methyl/N-ethyl adjacent to an activating group) is 1. The van der Waals surface area contributed by atoms with Crippen LogP contribution in [0.5, 0.6) is 0 Å². The van der Waals surface area contributed by atoms with Gasteiger partial charge in [-0.15, -0.1) is 0 Å². The Kier molecular flexibility index (Phi) is 4.66. The predicted molar refractivity (Wildman–Crippen MR) is 62.6 cm³/mol. The van der Waals surface area contributed by atoms with Crippen molar-refractivity contribution in [1.82, 2.24) is 20.4 Å². The van der Waals surface area contributed by atoms with Gasteiger partial charge in [0.15, 0.2) is 5.82 Å². The fourth-order valence-electron chi connectivity index (χ4n) is 1.89. The van der Waals surface area contributed by atoms with Gasteiger partial charge in [0, 0.05) is 13.2 Å². The molecule has 1 N–H and O–H groups in total. The number of nitrogens with zero attached hydrogens (tertiary/aromatic N) is 3. The van der Waals surface area contributed by atoms with Crippen LogP contribution >= 0.6 is 0 Å². The number of carbonyl (C=O) groups is 1. The van der Waals surface area contributed by atoms with Gasteiger partial charge in [-0.25, -0.2) is 0 Å². The summed E-state index contributed by atoms with van der Waals surface area (Å²) in [6, 6.07) is 0. The summed E-state index contributed by atoms with van der Waals surface area (Å²) >= 11 is 0. The summed E-state index contributed by atoms with van der Waals surface area (Å²) in [4.78, 5) is 17.4. The molecule has 0 aromatic carbocycles. The molecular formula is C11H18N4O3. The molecule has 1 amide bonds. The Morgan fingerprint density at radius 1 is 1.67 bits per heavy atom. The lowest BCUT2D eigenvalue weighted by molar-refractivity contribution is -0.122. The van der Waals surface area contributed by atoms with E-state index >= 15 is 0 Å². The van der Waals surface area contributed by atoms with Gasteiger partial charge in [0.25, 0.3) is 0 Å². The Balaban J connectivity index is 1.63. The summed E-state index contributed by atoms with van der Waals surface area (Å²) in [6.07, 6.45) is 3.56. The maximum Gasteiger partial charge on any atom is 0.234 e. The van der Waals surface area contributed by atoms with Crippen LogP contribution in [0.4, 0.5) is 0 Å². The van der Waals surface area contributed by atoms with E-state index in [9.17, 15) is 4.79 Å². The smallest absolute Gasteiger partial charge is 0.234 e. The lowest BCUT2D eigenvalue weighted by atomic mass is 10.2. The monoisotopic (exact) mass is 254 g/mol. The van der Waals surface area contributed by atoms with E-state index < -0.39 is 0 Å². The number of aromatic nitrogens is 2. The minimum absolute atomic E-state index is 0.0171. The Labute approximate surface area is 105 Å². The quantitative estimate of drug-likeness (QED) is 0.757. The number of hydrogen-bond donors (Lipinski definition) is 1. The SMILES string of the molecule is CN(CC(=O)NC[C@@H]1CCCO1)Cc1ncon1. The van der Waals surface area contributed by atoms with Gasteiger partial charge in [0.2, 0.25) is 12.3 Å². The maximum absolute atomic E-state index is 11.7. The van der Waals surface area contributed by atoms with Crippen molar-refractivity contribution < 1.29 is 14.1 Å². The zero-order chi connectivity index (χ0) is 12.8. The molecule has 1 fully saturated rings. The average Bonchev–Trinajstić information content (AvgIpc) is 2.98. The Morgan fingerprint density at radius 3 is 3.22 bits per heavy atom. The van der Waals surface area contributed by atoms with Crippen molar-refractivity contribution in [2.24, 2.45) is 0 Å². The Morgan fingerprint density at radius 2 is 2.56 bits per heavy atom. The third kappa shape index (κ3) is 4.08. The molecule has 2 rings (SSSR count). The van der Waals surface area contributed by atoms with Gasteiger partial charge in [-0.1, -0.05) is 5.16 Å². The number of hydrogen-bond acceptors (Lipinski definition) is 6. The summed E-state index contributed by atoms with van der Waals surface area (Å²) in [5, 5.41) is 6.56. The molecule has 1 aromatic heterocycles. The van der Waals surface area contributed by atoms with Crippen LogP contribution in [-0.2, 0) is 16.1 Å². The van der Waals surface area contributed by atoms with E-state index in [1.54, 1.807) is 0 Å². The zero-order valence-corrected chi connectivity index (χ0v) is 10.5. The third-order valence-electron chi connectivity index (χ3n) is 2.78. The van der Waals surface area contributed by atoms with E-state index in [0.717, 1.165) is 19.4 Å². The molecule has 0 spiro atoms. The molecule has 7 nitrogen and oxygen atoms in total. The molecule has 100 valence electrons. The number of nitrogens with one attached hydrogen (secondary N) is 1. The molecule has 0 aliphatic carbocycles. The van der Waals surface area contributed by atoms with Gasteiger partial charge < -0.3 is 14.6 Å². The fourth-order valence-corrected chi connectivity index (χ4v) is 1.89. The number of amides is 1. The van der Waals surface area contributed by atoms with Gasteiger partial charge >= 0.3 is 0 Å². The van der Waals surface area contributed by atoms with Crippen LogP contribution in [0.15, 0.2) is 10.9 Å². The van der Waals surface area contributed by atoms with E-state index in [4.69, 9.17) is 4.74 Å². The van der Waals surface area contributed by atoms with E-state index in [0.29, 0.717) is 25.5 Å². The first-order valence-corrected chi connectivity index (χ1v) is 6.06. The first kappa shape index (κ1) is 13.0. The van der Waals surface area contributed by atoms with Gasteiger partial charge in [0.05, 0.1) is 19.2 Å². The molecule has 1 aliphatic rings. The molecule has 1 saturated heterocycles. The third-order valence-corrected chi connectivity index (χ3v) is 2.78. The largest absolute Gasteiger partial charge is 0.376 e. The molecule has 0 unspecified atom stereocenters. The van der Waals surface area contributed by atoms with E-state index in [1.165, 1.54) is 6.39 Å². The predicted octanol–water partition coefficient (Wildman–Crippen LogP) is -0.203. The molecule has 2 heterocycles. The second-order valence-electron chi connectivity index (χ2n) is 4.46. The van der Waals surface area contributed by atoms with E-state index in [-0.39, 0.29) is 12.0 Å². The van der Waals surface area contributed by atoms with Crippen LogP contribution in [0.1, 0.15) is 18.7 Å². The lowest BCUT2D eigenvalue weighted by Crippen LogP contribution is -2.38. The Hall–Kier alpha value is -1.47. The van der Waals surface area contributed by atoms with Crippen molar-refractivity contribution in [2.75, 3.05) is 26.7 Å². The van der Waals surface area contributed by atoms with Crippen molar-refractivity contribution in [3.63, 3.8) is 0 Å². The highest BCUT2D eigenvalue weighted by Crippen LogP contribution is 2.10. The van der Waals surface area contributed by atoms with Gasteiger partial charge in [0.1, 0.15) is 0 Å². The summed E-state index contributed by atoms with van der Waals surface area (Å²) in [5.41, 5.74) is 0. The number of ether oxygens (including phenoxy) is 1. The minimum atomic E-state index is -0.0171. The van der Waals surface area contributed by atoms with Crippen LogP contribution in [0.3, 0.4) is 0 Å². The summed E-state index contributed by atoms with van der Waals surface area (Å²) < 4.78 is 10.1. The lowest BCUT2D eigenvalue weighted by Gasteiger charge is -2.15. The summed E-state index contributed by atoms with van der Waals surface area (Å²) in [7, 11) is 1.84. The van der Waals surface area contributed by atoms with Crippen LogP contribution < -0.4 is 5.32 Å². The molecule has 0 bridgehead atoms. The first-order chi connectivity index (χ1) is 8.74. The second-order valence-corrected chi connectivity index (χ2v) is 4.46. The average molecular weight is 254 g/mol. The Bertz CT molecular complexity index is 362. The summed E-state index contributed by atoms with van der Waals surface area (Å²) in [5.74, 6) is 0.556. The second kappa shape index (κ2) is 6.46.